The van der Waals surface area contributed by atoms with Gasteiger partial charge in [0.05, 0.1) is 0 Å². The highest BCUT2D eigenvalue weighted by atomic mass is 79.9. The van der Waals surface area contributed by atoms with Crippen LogP contribution in [0.2, 0.25) is 0 Å². The summed E-state index contributed by atoms with van der Waals surface area (Å²) in [6, 6.07) is 5.93. The zero-order valence-electron chi connectivity index (χ0n) is 12.9. The fraction of sp³-hybridized carbons (Fsp3) is 0.556. The van der Waals surface area contributed by atoms with Crippen molar-refractivity contribution in [1.82, 2.24) is 0 Å². The monoisotopic (exact) mass is 364 g/mol. The minimum absolute atomic E-state index is 0.0888. The predicted molar refractivity (Wildman–Crippen MR) is 88.0 cm³/mol. The Kier molecular flexibility index (Phi) is 4.51. The van der Waals surface area contributed by atoms with E-state index < -0.39 is 5.92 Å². The number of ketones is 2. The van der Waals surface area contributed by atoms with Gasteiger partial charge in [-0.3, -0.25) is 9.59 Å². The molecule has 4 heteroatoms. The summed E-state index contributed by atoms with van der Waals surface area (Å²) in [6.45, 7) is 3.40. The number of hydrogen-bond donors (Lipinski definition) is 0. The van der Waals surface area contributed by atoms with Crippen LogP contribution >= 0.6 is 15.9 Å². The summed E-state index contributed by atoms with van der Waals surface area (Å²) in [5, 5.41) is 0. The molecule has 3 nitrogen and oxygen atoms in total. The van der Waals surface area contributed by atoms with E-state index in [2.05, 4.69) is 22.9 Å². The van der Waals surface area contributed by atoms with Crippen LogP contribution in [0.4, 0.5) is 0 Å². The van der Waals surface area contributed by atoms with Crippen LogP contribution < -0.4 is 0 Å². The number of carbonyl (C=O) groups excluding carboxylic acids is 2. The molecule has 1 aliphatic carbocycles. The van der Waals surface area contributed by atoms with Crippen molar-refractivity contribution in [3.05, 3.63) is 33.8 Å². The van der Waals surface area contributed by atoms with Crippen LogP contribution in [0.1, 0.15) is 49.7 Å². The second kappa shape index (κ2) is 6.25. The Morgan fingerprint density at radius 2 is 1.82 bits per heavy atom. The smallest absolute Gasteiger partial charge is 0.148 e. The summed E-state index contributed by atoms with van der Waals surface area (Å²) in [7, 11) is 0. The Labute approximate surface area is 139 Å². The minimum atomic E-state index is -0.569. The predicted octanol–water partition coefficient (Wildman–Crippen LogP) is 3.82. The third-order valence-corrected chi connectivity index (χ3v) is 5.59. The molecule has 22 heavy (non-hydrogen) atoms. The molecule has 3 rings (SSSR count). The largest absolute Gasteiger partial charge is 0.381 e. The van der Waals surface area contributed by atoms with Crippen LogP contribution in [0.25, 0.3) is 0 Å². The van der Waals surface area contributed by atoms with Gasteiger partial charge in [0.1, 0.15) is 17.5 Å². The molecule has 0 aromatic heterocycles. The molecule has 2 fully saturated rings. The van der Waals surface area contributed by atoms with Gasteiger partial charge in [-0.25, -0.2) is 0 Å². The molecular formula is C18H21BrO3. The topological polar surface area (TPSA) is 43.4 Å². The fourth-order valence-electron chi connectivity index (χ4n) is 3.85. The molecule has 118 valence electrons. The van der Waals surface area contributed by atoms with E-state index in [0.29, 0.717) is 26.1 Å². The first kappa shape index (κ1) is 15.9. The van der Waals surface area contributed by atoms with Gasteiger partial charge >= 0.3 is 0 Å². The van der Waals surface area contributed by atoms with E-state index in [9.17, 15) is 9.59 Å². The van der Waals surface area contributed by atoms with Crippen LogP contribution in [-0.2, 0) is 20.7 Å². The summed E-state index contributed by atoms with van der Waals surface area (Å²) in [5.41, 5.74) is 1.85. The van der Waals surface area contributed by atoms with E-state index in [1.54, 1.807) is 0 Å². The fourth-order valence-corrected chi connectivity index (χ4v) is 4.23. The lowest BCUT2D eigenvalue weighted by Gasteiger charge is -2.41. The van der Waals surface area contributed by atoms with Gasteiger partial charge in [0.15, 0.2) is 0 Å². The van der Waals surface area contributed by atoms with E-state index in [1.165, 1.54) is 0 Å². The SMILES string of the molecule is CCc1ccc(Br)cc1C1C(=O)CC2(CCOCC2)CC1=O. The standard InChI is InChI=1S/C18H21BrO3/c1-2-12-3-4-13(19)9-14(12)17-15(20)10-18(11-16(17)21)5-7-22-8-6-18/h3-4,9,17H,2,5-8,10-11H2,1H3. The van der Waals surface area contributed by atoms with Crippen molar-refractivity contribution >= 4 is 27.5 Å². The first-order chi connectivity index (χ1) is 10.5. The highest BCUT2D eigenvalue weighted by Gasteiger charge is 2.46. The van der Waals surface area contributed by atoms with E-state index in [-0.39, 0.29) is 17.0 Å². The van der Waals surface area contributed by atoms with E-state index in [4.69, 9.17) is 4.74 Å². The lowest BCUT2D eigenvalue weighted by molar-refractivity contribution is -0.139. The van der Waals surface area contributed by atoms with Gasteiger partial charge in [0, 0.05) is 30.5 Å². The molecule has 0 N–H and O–H groups in total. The van der Waals surface area contributed by atoms with E-state index in [1.807, 2.05) is 18.2 Å². The van der Waals surface area contributed by atoms with E-state index >= 15 is 0 Å². The molecule has 0 bridgehead atoms. The van der Waals surface area contributed by atoms with Crippen molar-refractivity contribution in [2.24, 2.45) is 5.41 Å². The molecule has 1 saturated carbocycles. The van der Waals surface area contributed by atoms with Crippen molar-refractivity contribution in [3.8, 4) is 0 Å². The Morgan fingerprint density at radius 3 is 2.41 bits per heavy atom. The Hall–Kier alpha value is -1.00. The number of ether oxygens (including phenoxy) is 1. The zero-order valence-corrected chi connectivity index (χ0v) is 14.4. The summed E-state index contributed by atoms with van der Waals surface area (Å²) < 4.78 is 6.33. The molecular weight excluding hydrogens is 344 g/mol. The third-order valence-electron chi connectivity index (χ3n) is 5.10. The number of Topliss-reactive ketones (excluding diaryl/α,β-unsaturated/α-hetero) is 2. The van der Waals surface area contributed by atoms with Gasteiger partial charge in [-0.15, -0.1) is 0 Å². The number of halogens is 1. The summed E-state index contributed by atoms with van der Waals surface area (Å²) in [5.74, 6) is -0.391. The molecule has 0 amide bonds. The molecule has 1 aromatic rings. The minimum Gasteiger partial charge on any atom is -0.381 e. The maximum absolute atomic E-state index is 12.8. The lowest BCUT2D eigenvalue weighted by atomic mass is 9.63. The molecule has 0 unspecified atom stereocenters. The van der Waals surface area contributed by atoms with Gasteiger partial charge < -0.3 is 4.74 Å². The van der Waals surface area contributed by atoms with Gasteiger partial charge in [-0.05, 0) is 47.9 Å². The normalized spacial score (nSPS) is 22.3. The second-order valence-electron chi connectivity index (χ2n) is 6.53. The number of carbonyl (C=O) groups is 2. The van der Waals surface area contributed by atoms with Crippen molar-refractivity contribution in [3.63, 3.8) is 0 Å². The van der Waals surface area contributed by atoms with Crippen LogP contribution in [0.3, 0.4) is 0 Å². The Morgan fingerprint density at radius 1 is 1.18 bits per heavy atom. The first-order valence-corrected chi connectivity index (χ1v) is 8.75. The lowest BCUT2D eigenvalue weighted by Crippen LogP contribution is -2.42. The molecule has 0 atom stereocenters. The number of benzene rings is 1. The molecule has 1 aliphatic heterocycles. The van der Waals surface area contributed by atoms with Crippen LogP contribution in [0.15, 0.2) is 22.7 Å². The summed E-state index contributed by atoms with van der Waals surface area (Å²) in [6.07, 6.45) is 3.52. The average Bonchev–Trinajstić information content (AvgIpc) is 2.47. The molecule has 1 aromatic carbocycles. The van der Waals surface area contributed by atoms with Crippen molar-refractivity contribution < 1.29 is 14.3 Å². The Balaban J connectivity index is 1.92. The number of hydrogen-bond acceptors (Lipinski definition) is 3. The highest BCUT2D eigenvalue weighted by molar-refractivity contribution is 9.10. The number of rotatable bonds is 2. The average molecular weight is 365 g/mol. The van der Waals surface area contributed by atoms with Gasteiger partial charge in [0.2, 0.25) is 0 Å². The Bertz CT molecular complexity index is 582. The van der Waals surface area contributed by atoms with E-state index in [0.717, 1.165) is 34.9 Å². The summed E-state index contributed by atoms with van der Waals surface area (Å²) >= 11 is 3.46. The third kappa shape index (κ3) is 2.91. The molecule has 1 spiro atoms. The summed E-state index contributed by atoms with van der Waals surface area (Å²) in [4.78, 5) is 25.6. The van der Waals surface area contributed by atoms with Crippen LogP contribution in [-0.4, -0.2) is 24.8 Å². The second-order valence-corrected chi connectivity index (χ2v) is 7.44. The van der Waals surface area contributed by atoms with Crippen molar-refractivity contribution in [2.45, 2.75) is 44.9 Å². The van der Waals surface area contributed by atoms with Gasteiger partial charge in [-0.2, -0.15) is 0 Å². The molecule has 2 aliphatic rings. The molecule has 1 heterocycles. The maximum Gasteiger partial charge on any atom is 0.148 e. The zero-order chi connectivity index (χ0) is 15.7. The quantitative estimate of drug-likeness (QED) is 0.749. The van der Waals surface area contributed by atoms with Gasteiger partial charge in [0.25, 0.3) is 0 Å². The van der Waals surface area contributed by atoms with Crippen molar-refractivity contribution in [2.75, 3.05) is 13.2 Å². The molecule has 1 saturated heterocycles. The molecule has 0 radical (unpaired) electrons. The first-order valence-electron chi connectivity index (χ1n) is 7.96. The number of aryl methyl sites for hydroxylation is 1. The highest BCUT2D eigenvalue weighted by Crippen LogP contribution is 2.46. The maximum atomic E-state index is 12.8. The van der Waals surface area contributed by atoms with Gasteiger partial charge in [-0.1, -0.05) is 28.9 Å². The van der Waals surface area contributed by atoms with Crippen LogP contribution in [0.5, 0.6) is 0 Å². The van der Waals surface area contributed by atoms with Crippen LogP contribution in [0, 0.1) is 5.41 Å². The van der Waals surface area contributed by atoms with Crippen molar-refractivity contribution in [1.29, 1.82) is 0 Å².